The molecule has 18 heavy (non-hydrogen) atoms. The fraction of sp³-hybridized carbons (Fsp3) is 0.273. The van der Waals surface area contributed by atoms with Gasteiger partial charge in [0, 0.05) is 12.4 Å². The van der Waals surface area contributed by atoms with Crippen molar-refractivity contribution in [1.29, 1.82) is 0 Å². The van der Waals surface area contributed by atoms with Crippen molar-refractivity contribution in [3.63, 3.8) is 0 Å². The summed E-state index contributed by atoms with van der Waals surface area (Å²) < 4.78 is 4.61. The lowest BCUT2D eigenvalue weighted by Gasteiger charge is -2.02. The summed E-state index contributed by atoms with van der Waals surface area (Å²) in [6, 6.07) is 3.40. The summed E-state index contributed by atoms with van der Waals surface area (Å²) in [6.07, 6.45) is 3.70. The summed E-state index contributed by atoms with van der Waals surface area (Å²) in [7, 11) is 0. The van der Waals surface area contributed by atoms with Gasteiger partial charge in [0.25, 0.3) is 0 Å². The number of aromatic nitrogens is 1. The van der Waals surface area contributed by atoms with Crippen LogP contribution in [0.5, 0.6) is 0 Å². The first kappa shape index (κ1) is 13.6. The fourth-order valence-electron chi connectivity index (χ4n) is 0.973. The highest BCUT2D eigenvalue weighted by molar-refractivity contribution is 5.80. The summed E-state index contributed by atoms with van der Waals surface area (Å²) in [4.78, 5) is 30.3. The van der Waals surface area contributed by atoms with Crippen molar-refractivity contribution in [2.45, 2.75) is 6.92 Å². The predicted molar refractivity (Wildman–Crippen MR) is 62.9 cm³/mol. The quantitative estimate of drug-likeness (QED) is 0.360. The Morgan fingerprint density at radius 1 is 1.44 bits per heavy atom. The molecule has 1 rings (SSSR count). The summed E-state index contributed by atoms with van der Waals surface area (Å²) in [6.45, 7) is 1.68. The number of amides is 1. The van der Waals surface area contributed by atoms with Crippen LogP contribution in [0.1, 0.15) is 12.5 Å². The zero-order chi connectivity index (χ0) is 13.2. The molecule has 0 atom stereocenters. The number of nitrogens with zero attached hydrogens (tertiary/aromatic N) is 2. The highest BCUT2D eigenvalue weighted by Crippen LogP contribution is 1.91. The summed E-state index contributed by atoms with van der Waals surface area (Å²) in [5.41, 5.74) is 0.739. The number of rotatable bonds is 5. The number of nitrogens with one attached hydrogen (secondary N) is 1. The van der Waals surface area contributed by atoms with Gasteiger partial charge in [0.2, 0.25) is 0 Å². The molecule has 1 N–H and O–H groups in total. The molecule has 0 fully saturated rings. The molecule has 1 aromatic heterocycles. The third-order valence-electron chi connectivity index (χ3n) is 1.73. The summed E-state index contributed by atoms with van der Waals surface area (Å²) >= 11 is 0. The Hall–Kier alpha value is -2.44. The first-order valence-electron chi connectivity index (χ1n) is 5.26. The van der Waals surface area contributed by atoms with Crippen molar-refractivity contribution in [3.8, 4) is 0 Å². The van der Waals surface area contributed by atoms with Crippen LogP contribution in [-0.2, 0) is 14.4 Å². The Bertz CT molecular complexity index is 420. The lowest BCUT2D eigenvalue weighted by Crippen LogP contribution is -2.30. The number of oxime groups is 1. The van der Waals surface area contributed by atoms with E-state index in [1.54, 1.807) is 31.5 Å². The van der Waals surface area contributed by atoms with Crippen molar-refractivity contribution < 1.29 is 19.2 Å². The number of hydrogen-bond acceptors (Lipinski definition) is 6. The van der Waals surface area contributed by atoms with Crippen molar-refractivity contribution >= 4 is 18.3 Å². The molecule has 1 amide bonds. The number of ether oxygens (including phenoxy) is 1. The van der Waals surface area contributed by atoms with Crippen LogP contribution >= 0.6 is 0 Å². The monoisotopic (exact) mass is 251 g/mol. The van der Waals surface area contributed by atoms with Crippen LogP contribution < -0.4 is 5.32 Å². The predicted octanol–water partition coefficient (Wildman–Crippen LogP) is 0.705. The van der Waals surface area contributed by atoms with Crippen molar-refractivity contribution in [2.24, 2.45) is 5.16 Å². The second-order valence-corrected chi connectivity index (χ2v) is 3.05. The van der Waals surface area contributed by atoms with Crippen LogP contribution in [-0.4, -0.2) is 36.4 Å². The van der Waals surface area contributed by atoms with Crippen LogP contribution in [0.25, 0.3) is 0 Å². The molecule has 0 aliphatic rings. The first-order chi connectivity index (χ1) is 8.72. The van der Waals surface area contributed by atoms with Gasteiger partial charge in [-0.15, -0.1) is 0 Å². The molecule has 0 saturated heterocycles. The Kier molecular flexibility index (Phi) is 5.88. The van der Waals surface area contributed by atoms with Gasteiger partial charge in [-0.3, -0.25) is 14.6 Å². The number of carbonyl (C=O) groups is 2. The van der Waals surface area contributed by atoms with Gasteiger partial charge in [0.1, 0.15) is 6.54 Å². The second kappa shape index (κ2) is 7.77. The van der Waals surface area contributed by atoms with Crippen LogP contribution in [0.4, 0.5) is 4.79 Å². The molecular formula is C11H13N3O4. The van der Waals surface area contributed by atoms with Gasteiger partial charge < -0.3 is 10.1 Å². The highest BCUT2D eigenvalue weighted by Gasteiger charge is 2.05. The maximum absolute atomic E-state index is 11.1. The number of pyridine rings is 1. The van der Waals surface area contributed by atoms with E-state index in [9.17, 15) is 9.59 Å². The molecule has 1 aromatic rings. The van der Waals surface area contributed by atoms with E-state index in [4.69, 9.17) is 0 Å². The Balaban J connectivity index is 2.25. The van der Waals surface area contributed by atoms with E-state index in [-0.39, 0.29) is 13.2 Å². The van der Waals surface area contributed by atoms with E-state index in [1.807, 2.05) is 0 Å². The van der Waals surface area contributed by atoms with Crippen LogP contribution in [0.15, 0.2) is 29.7 Å². The van der Waals surface area contributed by atoms with Gasteiger partial charge in [-0.1, -0.05) is 5.16 Å². The smallest absolute Gasteiger partial charge is 0.433 e. The van der Waals surface area contributed by atoms with Gasteiger partial charge in [-0.2, -0.15) is 0 Å². The SMILES string of the molecule is CCOC(=O)CNC(=O)O/N=C/c1ccncc1. The molecule has 7 heteroatoms. The van der Waals surface area contributed by atoms with Gasteiger partial charge in [0.05, 0.1) is 12.8 Å². The third kappa shape index (κ3) is 5.59. The average Bonchev–Trinajstić information content (AvgIpc) is 2.38. The van der Waals surface area contributed by atoms with Crippen LogP contribution in [0, 0.1) is 0 Å². The topological polar surface area (TPSA) is 89.9 Å². The molecule has 1 heterocycles. The van der Waals surface area contributed by atoms with E-state index in [2.05, 4.69) is 25.0 Å². The van der Waals surface area contributed by atoms with Crippen LogP contribution in [0.2, 0.25) is 0 Å². The fourth-order valence-corrected chi connectivity index (χ4v) is 0.973. The van der Waals surface area contributed by atoms with E-state index in [1.165, 1.54) is 6.21 Å². The largest absolute Gasteiger partial charge is 0.465 e. The van der Waals surface area contributed by atoms with Gasteiger partial charge in [-0.25, -0.2) is 4.79 Å². The Labute approximate surface area is 104 Å². The average molecular weight is 251 g/mol. The molecule has 96 valence electrons. The molecule has 0 unspecified atom stereocenters. The standard InChI is InChI=1S/C11H13N3O4/c1-2-17-10(15)8-13-11(16)18-14-7-9-3-5-12-6-4-9/h3-7H,2,8H2,1H3,(H,13,16)/b14-7+. The number of hydrogen-bond donors (Lipinski definition) is 1. The molecule has 0 spiro atoms. The zero-order valence-electron chi connectivity index (χ0n) is 9.83. The van der Waals surface area contributed by atoms with Crippen molar-refractivity contribution in [1.82, 2.24) is 10.3 Å². The minimum atomic E-state index is -0.826. The highest BCUT2D eigenvalue weighted by atomic mass is 16.7. The first-order valence-corrected chi connectivity index (χ1v) is 5.26. The normalized spacial score (nSPS) is 10.1. The molecule has 7 nitrogen and oxygen atoms in total. The van der Waals surface area contributed by atoms with E-state index < -0.39 is 12.1 Å². The summed E-state index contributed by atoms with van der Waals surface area (Å²) in [5, 5.41) is 5.64. The lowest BCUT2D eigenvalue weighted by molar-refractivity contribution is -0.141. The maximum Gasteiger partial charge on any atom is 0.433 e. The molecule has 0 aliphatic heterocycles. The zero-order valence-corrected chi connectivity index (χ0v) is 9.83. The molecule has 0 radical (unpaired) electrons. The number of carbonyl (C=O) groups excluding carboxylic acids is 2. The Morgan fingerprint density at radius 3 is 2.83 bits per heavy atom. The minimum absolute atomic E-state index is 0.253. The van der Waals surface area contributed by atoms with Gasteiger partial charge in [-0.05, 0) is 24.6 Å². The third-order valence-corrected chi connectivity index (χ3v) is 1.73. The minimum Gasteiger partial charge on any atom is -0.465 e. The van der Waals surface area contributed by atoms with Crippen molar-refractivity contribution in [2.75, 3.05) is 13.2 Å². The van der Waals surface area contributed by atoms with Gasteiger partial charge >= 0.3 is 12.1 Å². The van der Waals surface area contributed by atoms with Gasteiger partial charge in [0.15, 0.2) is 0 Å². The molecule has 0 aliphatic carbocycles. The van der Waals surface area contributed by atoms with E-state index in [0.29, 0.717) is 0 Å². The summed E-state index contributed by atoms with van der Waals surface area (Å²) in [5.74, 6) is -0.535. The van der Waals surface area contributed by atoms with E-state index in [0.717, 1.165) is 5.56 Å². The molecule has 0 saturated carbocycles. The Morgan fingerprint density at radius 2 is 2.17 bits per heavy atom. The molecule has 0 aromatic carbocycles. The van der Waals surface area contributed by atoms with E-state index >= 15 is 0 Å². The maximum atomic E-state index is 11.1. The molecular weight excluding hydrogens is 238 g/mol. The van der Waals surface area contributed by atoms with Crippen LogP contribution in [0.3, 0.4) is 0 Å². The molecule has 0 bridgehead atoms. The lowest BCUT2D eigenvalue weighted by atomic mass is 10.3. The van der Waals surface area contributed by atoms with Crippen molar-refractivity contribution in [3.05, 3.63) is 30.1 Å². The number of esters is 1. The second-order valence-electron chi connectivity index (χ2n) is 3.05.